The predicted molar refractivity (Wildman–Crippen MR) is 89.3 cm³/mol. The van der Waals surface area contributed by atoms with Gasteiger partial charge in [0.15, 0.2) is 0 Å². The Bertz CT molecular complexity index is 356. The van der Waals surface area contributed by atoms with E-state index in [4.69, 9.17) is 5.73 Å². The first-order valence-corrected chi connectivity index (χ1v) is 9.26. The minimum absolute atomic E-state index is 0.293. The van der Waals surface area contributed by atoms with E-state index in [0.717, 1.165) is 24.4 Å². The second-order valence-corrected chi connectivity index (χ2v) is 8.32. The maximum Gasteiger partial charge on any atom is 0.0338 e. The first-order chi connectivity index (χ1) is 10.1. The van der Waals surface area contributed by atoms with Gasteiger partial charge in [-0.25, -0.2) is 0 Å². The normalized spacial score (nSPS) is 42.4. The zero-order chi connectivity index (χ0) is 15.0. The van der Waals surface area contributed by atoms with Crippen LogP contribution in [0.1, 0.15) is 59.3 Å². The van der Waals surface area contributed by atoms with Crippen LogP contribution in [0.25, 0.3) is 0 Å². The molecule has 1 saturated carbocycles. The van der Waals surface area contributed by atoms with E-state index in [0.29, 0.717) is 11.6 Å². The van der Waals surface area contributed by atoms with E-state index >= 15 is 0 Å². The fourth-order valence-corrected chi connectivity index (χ4v) is 5.37. The van der Waals surface area contributed by atoms with Gasteiger partial charge in [0.2, 0.25) is 0 Å². The number of hydrogen-bond acceptors (Lipinski definition) is 3. The SMILES string of the molecule is CC(C)C1CCCC(CN)(N2CC3CCCN3CC2C)C1. The summed E-state index contributed by atoms with van der Waals surface area (Å²) in [5.41, 5.74) is 6.67. The lowest BCUT2D eigenvalue weighted by atomic mass is 9.70. The molecule has 0 radical (unpaired) electrons. The Morgan fingerprint density at radius 1 is 1.19 bits per heavy atom. The lowest BCUT2D eigenvalue weighted by Gasteiger charge is -2.55. The molecule has 0 spiro atoms. The second kappa shape index (κ2) is 6.17. The lowest BCUT2D eigenvalue weighted by molar-refractivity contribution is -0.0514. The van der Waals surface area contributed by atoms with Gasteiger partial charge in [-0.3, -0.25) is 9.80 Å². The quantitative estimate of drug-likeness (QED) is 0.868. The molecule has 3 nitrogen and oxygen atoms in total. The van der Waals surface area contributed by atoms with Gasteiger partial charge in [-0.05, 0) is 51.0 Å². The van der Waals surface area contributed by atoms with Gasteiger partial charge in [-0.2, -0.15) is 0 Å². The summed E-state index contributed by atoms with van der Waals surface area (Å²) in [6, 6.07) is 1.48. The molecular weight excluding hydrogens is 258 g/mol. The molecule has 0 bridgehead atoms. The van der Waals surface area contributed by atoms with Crippen LogP contribution in [0.2, 0.25) is 0 Å². The highest BCUT2D eigenvalue weighted by Gasteiger charge is 2.46. The predicted octanol–water partition coefficient (Wildman–Crippen LogP) is 2.70. The minimum Gasteiger partial charge on any atom is -0.329 e. The van der Waals surface area contributed by atoms with Gasteiger partial charge < -0.3 is 5.73 Å². The van der Waals surface area contributed by atoms with Crippen LogP contribution in [0.15, 0.2) is 0 Å². The van der Waals surface area contributed by atoms with Crippen LogP contribution in [0.4, 0.5) is 0 Å². The highest BCUT2D eigenvalue weighted by molar-refractivity contribution is 5.03. The van der Waals surface area contributed by atoms with E-state index in [9.17, 15) is 0 Å². The number of nitrogens with zero attached hydrogens (tertiary/aromatic N) is 2. The molecule has 3 heteroatoms. The molecule has 2 heterocycles. The molecule has 0 aromatic heterocycles. The third kappa shape index (κ3) is 2.89. The molecule has 3 aliphatic rings. The molecule has 21 heavy (non-hydrogen) atoms. The van der Waals surface area contributed by atoms with Crippen molar-refractivity contribution in [1.29, 1.82) is 0 Å². The van der Waals surface area contributed by atoms with Crippen molar-refractivity contribution in [3.05, 3.63) is 0 Å². The molecule has 0 amide bonds. The molecule has 1 aliphatic carbocycles. The highest BCUT2D eigenvalue weighted by Crippen LogP contribution is 2.42. The van der Waals surface area contributed by atoms with E-state index < -0.39 is 0 Å². The van der Waals surface area contributed by atoms with Crippen molar-refractivity contribution in [2.45, 2.75) is 76.9 Å². The van der Waals surface area contributed by atoms with Crippen LogP contribution in [0.5, 0.6) is 0 Å². The average molecular weight is 293 g/mol. The third-order valence-electron chi connectivity index (χ3n) is 6.73. The van der Waals surface area contributed by atoms with Crippen molar-refractivity contribution in [3.8, 4) is 0 Å². The third-order valence-corrected chi connectivity index (χ3v) is 6.73. The summed E-state index contributed by atoms with van der Waals surface area (Å²) in [6.07, 6.45) is 8.24. The zero-order valence-corrected chi connectivity index (χ0v) is 14.4. The Hall–Kier alpha value is -0.120. The molecule has 3 fully saturated rings. The molecule has 0 aromatic rings. The van der Waals surface area contributed by atoms with Crippen molar-refractivity contribution < 1.29 is 0 Å². The fraction of sp³-hybridized carbons (Fsp3) is 1.00. The van der Waals surface area contributed by atoms with E-state index in [2.05, 4.69) is 30.6 Å². The van der Waals surface area contributed by atoms with Crippen molar-refractivity contribution in [2.24, 2.45) is 17.6 Å². The van der Waals surface area contributed by atoms with E-state index in [1.165, 1.54) is 58.2 Å². The van der Waals surface area contributed by atoms with E-state index in [1.54, 1.807) is 0 Å². The molecule has 3 rings (SSSR count). The standard InChI is InChI=1S/C18H35N3/c1-14(2)16-6-4-8-18(10-16,13-19)21-12-17-7-5-9-20(17)11-15(21)3/h14-17H,4-13,19H2,1-3H3. The van der Waals surface area contributed by atoms with Crippen LogP contribution >= 0.6 is 0 Å². The van der Waals surface area contributed by atoms with Gasteiger partial charge in [-0.1, -0.05) is 26.7 Å². The molecule has 2 aliphatic heterocycles. The summed E-state index contributed by atoms with van der Waals surface area (Å²) in [5, 5.41) is 0. The Kier molecular flexibility index (Phi) is 4.63. The topological polar surface area (TPSA) is 32.5 Å². The van der Waals surface area contributed by atoms with E-state index in [-0.39, 0.29) is 0 Å². The summed E-state index contributed by atoms with van der Waals surface area (Å²) in [4.78, 5) is 5.57. The average Bonchev–Trinajstić information content (AvgIpc) is 2.93. The number of piperazine rings is 1. The summed E-state index contributed by atoms with van der Waals surface area (Å²) in [7, 11) is 0. The zero-order valence-electron chi connectivity index (χ0n) is 14.4. The minimum atomic E-state index is 0.293. The summed E-state index contributed by atoms with van der Waals surface area (Å²) in [5.74, 6) is 1.68. The maximum absolute atomic E-state index is 6.38. The summed E-state index contributed by atoms with van der Waals surface area (Å²) >= 11 is 0. The molecule has 2 N–H and O–H groups in total. The second-order valence-electron chi connectivity index (χ2n) is 8.32. The van der Waals surface area contributed by atoms with Crippen LogP contribution < -0.4 is 5.73 Å². The number of nitrogens with two attached hydrogens (primary N) is 1. The van der Waals surface area contributed by atoms with Gasteiger partial charge in [0.1, 0.15) is 0 Å². The van der Waals surface area contributed by atoms with Gasteiger partial charge in [0, 0.05) is 37.3 Å². The van der Waals surface area contributed by atoms with Gasteiger partial charge in [-0.15, -0.1) is 0 Å². The first kappa shape index (κ1) is 15.8. The fourth-order valence-electron chi connectivity index (χ4n) is 5.37. The van der Waals surface area contributed by atoms with Crippen molar-refractivity contribution in [2.75, 3.05) is 26.2 Å². The largest absolute Gasteiger partial charge is 0.329 e. The lowest BCUT2D eigenvalue weighted by Crippen LogP contribution is -2.66. The Morgan fingerprint density at radius 3 is 2.71 bits per heavy atom. The summed E-state index contributed by atoms with van der Waals surface area (Å²) < 4.78 is 0. The summed E-state index contributed by atoms with van der Waals surface area (Å²) in [6.45, 7) is 11.9. The Balaban J connectivity index is 1.77. The van der Waals surface area contributed by atoms with Gasteiger partial charge >= 0.3 is 0 Å². The van der Waals surface area contributed by atoms with Crippen molar-refractivity contribution >= 4 is 0 Å². The van der Waals surface area contributed by atoms with Crippen LogP contribution in [0, 0.1) is 11.8 Å². The van der Waals surface area contributed by atoms with E-state index in [1.807, 2.05) is 0 Å². The van der Waals surface area contributed by atoms with Gasteiger partial charge in [0.05, 0.1) is 0 Å². The van der Waals surface area contributed by atoms with Crippen molar-refractivity contribution in [3.63, 3.8) is 0 Å². The Labute approximate surface area is 131 Å². The molecular formula is C18H35N3. The molecule has 2 saturated heterocycles. The number of rotatable bonds is 3. The van der Waals surface area contributed by atoms with Crippen LogP contribution in [-0.4, -0.2) is 53.6 Å². The molecule has 4 unspecified atom stereocenters. The van der Waals surface area contributed by atoms with Crippen LogP contribution in [-0.2, 0) is 0 Å². The molecule has 0 aromatic carbocycles. The molecule has 4 atom stereocenters. The number of fused-ring (bicyclic) bond motifs is 1. The Morgan fingerprint density at radius 2 is 2.00 bits per heavy atom. The van der Waals surface area contributed by atoms with Gasteiger partial charge in [0.25, 0.3) is 0 Å². The highest BCUT2D eigenvalue weighted by atomic mass is 15.3. The monoisotopic (exact) mass is 293 g/mol. The number of hydrogen-bond donors (Lipinski definition) is 1. The maximum atomic E-state index is 6.38. The van der Waals surface area contributed by atoms with Crippen LogP contribution in [0.3, 0.4) is 0 Å². The van der Waals surface area contributed by atoms with Crippen molar-refractivity contribution in [1.82, 2.24) is 9.80 Å². The first-order valence-electron chi connectivity index (χ1n) is 9.26. The smallest absolute Gasteiger partial charge is 0.0338 e. The molecule has 122 valence electrons.